The highest BCUT2D eigenvalue weighted by Crippen LogP contribution is 2.37. The van der Waals surface area contributed by atoms with Crippen molar-refractivity contribution in [3.05, 3.63) is 17.8 Å². The van der Waals surface area contributed by atoms with Gasteiger partial charge in [-0.15, -0.1) is 0 Å². The molecule has 0 spiro atoms. The first kappa shape index (κ1) is 6.29. The average Bonchev–Trinajstić information content (AvgIpc) is 2.76. The van der Waals surface area contributed by atoms with Crippen molar-refractivity contribution < 1.29 is 0 Å². The molecule has 1 fully saturated rings. The summed E-state index contributed by atoms with van der Waals surface area (Å²) in [6.07, 6.45) is 4.22. The maximum absolute atomic E-state index is 8.56. The van der Waals surface area contributed by atoms with Crippen LogP contribution < -0.4 is 5.73 Å². The molecule has 1 aliphatic rings. The third kappa shape index (κ3) is 0.966. The van der Waals surface area contributed by atoms with Gasteiger partial charge in [0.1, 0.15) is 11.9 Å². The highest BCUT2D eigenvalue weighted by molar-refractivity contribution is 5.42. The summed E-state index contributed by atoms with van der Waals surface area (Å²) in [5.41, 5.74) is 6.33. The van der Waals surface area contributed by atoms with Gasteiger partial charge in [0.05, 0.1) is 5.56 Å². The number of nitriles is 1. The molecule has 0 bridgehead atoms. The summed E-state index contributed by atoms with van der Waals surface area (Å²) in [6.45, 7) is 0. The SMILES string of the molecule is N#Cc1cc(N)n(C2CC2)c1. The van der Waals surface area contributed by atoms with Gasteiger partial charge >= 0.3 is 0 Å². The molecular weight excluding hydrogens is 138 g/mol. The maximum Gasteiger partial charge on any atom is 0.104 e. The van der Waals surface area contributed by atoms with E-state index in [1.165, 1.54) is 12.8 Å². The fourth-order valence-electron chi connectivity index (χ4n) is 1.23. The lowest BCUT2D eigenvalue weighted by Gasteiger charge is -1.99. The highest BCUT2D eigenvalue weighted by Gasteiger charge is 2.24. The average molecular weight is 147 g/mol. The van der Waals surface area contributed by atoms with Crippen molar-refractivity contribution in [2.24, 2.45) is 0 Å². The monoisotopic (exact) mass is 147 g/mol. The molecule has 0 aromatic carbocycles. The van der Waals surface area contributed by atoms with Crippen LogP contribution in [-0.2, 0) is 0 Å². The number of nitrogen functional groups attached to an aromatic ring is 1. The Kier molecular flexibility index (Phi) is 1.16. The van der Waals surface area contributed by atoms with E-state index in [-0.39, 0.29) is 0 Å². The lowest BCUT2D eigenvalue weighted by atomic mass is 10.4. The number of rotatable bonds is 1. The maximum atomic E-state index is 8.56. The van der Waals surface area contributed by atoms with Gasteiger partial charge in [0, 0.05) is 12.2 Å². The zero-order chi connectivity index (χ0) is 7.84. The van der Waals surface area contributed by atoms with Crippen molar-refractivity contribution in [2.75, 3.05) is 5.73 Å². The molecule has 0 amide bonds. The van der Waals surface area contributed by atoms with E-state index < -0.39 is 0 Å². The Bertz CT molecular complexity index is 315. The second kappa shape index (κ2) is 2.03. The van der Waals surface area contributed by atoms with Crippen molar-refractivity contribution in [1.82, 2.24) is 4.57 Å². The van der Waals surface area contributed by atoms with Crippen molar-refractivity contribution in [3.8, 4) is 6.07 Å². The van der Waals surface area contributed by atoms with E-state index in [2.05, 4.69) is 6.07 Å². The second-order valence-electron chi connectivity index (χ2n) is 2.90. The van der Waals surface area contributed by atoms with Crippen molar-refractivity contribution >= 4 is 5.82 Å². The van der Waals surface area contributed by atoms with Crippen LogP contribution in [0.2, 0.25) is 0 Å². The Labute approximate surface area is 65.0 Å². The normalized spacial score (nSPS) is 16.3. The number of hydrogen-bond acceptors (Lipinski definition) is 2. The first-order valence-electron chi connectivity index (χ1n) is 3.68. The molecule has 0 unspecified atom stereocenters. The number of nitrogens with two attached hydrogens (primary N) is 1. The summed E-state index contributed by atoms with van der Waals surface area (Å²) in [5, 5.41) is 8.56. The minimum atomic E-state index is 0.567. The predicted octanol–water partition coefficient (Wildman–Crippen LogP) is 1.28. The lowest BCUT2D eigenvalue weighted by Crippen LogP contribution is -1.97. The Balaban J connectivity index is 2.40. The number of hydrogen-bond donors (Lipinski definition) is 1. The van der Waals surface area contributed by atoms with Crippen LogP contribution in [0.3, 0.4) is 0 Å². The van der Waals surface area contributed by atoms with Crippen LogP contribution in [-0.4, -0.2) is 4.57 Å². The minimum absolute atomic E-state index is 0.567. The first-order valence-corrected chi connectivity index (χ1v) is 3.68. The number of anilines is 1. The molecule has 1 aromatic heterocycles. The van der Waals surface area contributed by atoms with E-state index in [4.69, 9.17) is 11.0 Å². The zero-order valence-electron chi connectivity index (χ0n) is 6.12. The quantitative estimate of drug-likeness (QED) is 0.650. The minimum Gasteiger partial charge on any atom is -0.385 e. The number of aromatic nitrogens is 1. The van der Waals surface area contributed by atoms with Crippen LogP contribution in [0.25, 0.3) is 0 Å². The smallest absolute Gasteiger partial charge is 0.104 e. The standard InChI is InChI=1S/C8H9N3/c9-4-6-3-8(10)11(5-6)7-1-2-7/h3,5,7H,1-2,10H2. The van der Waals surface area contributed by atoms with Gasteiger partial charge in [0.2, 0.25) is 0 Å². The second-order valence-corrected chi connectivity index (χ2v) is 2.90. The molecule has 1 aliphatic carbocycles. The van der Waals surface area contributed by atoms with E-state index in [1.54, 1.807) is 6.07 Å². The molecule has 56 valence electrons. The lowest BCUT2D eigenvalue weighted by molar-refractivity contribution is 0.758. The molecule has 2 rings (SSSR count). The molecule has 0 atom stereocenters. The largest absolute Gasteiger partial charge is 0.385 e. The summed E-state index contributed by atoms with van der Waals surface area (Å²) in [6, 6.07) is 4.36. The summed E-state index contributed by atoms with van der Waals surface area (Å²) >= 11 is 0. The molecule has 3 nitrogen and oxygen atoms in total. The summed E-state index contributed by atoms with van der Waals surface area (Å²) < 4.78 is 1.98. The van der Waals surface area contributed by atoms with Crippen LogP contribution >= 0.6 is 0 Å². The molecular formula is C8H9N3. The predicted molar refractivity (Wildman–Crippen MR) is 41.8 cm³/mol. The van der Waals surface area contributed by atoms with Gasteiger partial charge in [0.25, 0.3) is 0 Å². The van der Waals surface area contributed by atoms with Crippen LogP contribution in [0.1, 0.15) is 24.4 Å². The molecule has 2 N–H and O–H groups in total. The molecule has 0 aliphatic heterocycles. The van der Waals surface area contributed by atoms with Crippen molar-refractivity contribution in [3.63, 3.8) is 0 Å². The van der Waals surface area contributed by atoms with E-state index in [0.717, 1.165) is 0 Å². The van der Waals surface area contributed by atoms with Crippen molar-refractivity contribution in [1.29, 1.82) is 5.26 Å². The van der Waals surface area contributed by atoms with Gasteiger partial charge < -0.3 is 10.3 Å². The highest BCUT2D eigenvalue weighted by atomic mass is 15.1. The summed E-state index contributed by atoms with van der Waals surface area (Å²) in [4.78, 5) is 0. The molecule has 3 heteroatoms. The van der Waals surface area contributed by atoms with Gasteiger partial charge in [-0.2, -0.15) is 5.26 Å². The molecule has 1 aromatic rings. The van der Waals surface area contributed by atoms with Crippen LogP contribution in [0.5, 0.6) is 0 Å². The van der Waals surface area contributed by atoms with Gasteiger partial charge in [-0.05, 0) is 18.9 Å². The Hall–Kier alpha value is -1.43. The van der Waals surface area contributed by atoms with E-state index >= 15 is 0 Å². The third-order valence-corrected chi connectivity index (χ3v) is 1.95. The van der Waals surface area contributed by atoms with Gasteiger partial charge in [0.15, 0.2) is 0 Å². The fourth-order valence-corrected chi connectivity index (χ4v) is 1.23. The van der Waals surface area contributed by atoms with Crippen molar-refractivity contribution in [2.45, 2.75) is 18.9 Å². The van der Waals surface area contributed by atoms with Crippen LogP contribution in [0.4, 0.5) is 5.82 Å². The van der Waals surface area contributed by atoms with Gasteiger partial charge in [-0.1, -0.05) is 0 Å². The van der Waals surface area contributed by atoms with E-state index in [1.807, 2.05) is 10.8 Å². The molecule has 0 radical (unpaired) electrons. The van der Waals surface area contributed by atoms with Crippen LogP contribution in [0, 0.1) is 11.3 Å². The first-order chi connectivity index (χ1) is 5.31. The molecule has 11 heavy (non-hydrogen) atoms. The topological polar surface area (TPSA) is 54.7 Å². The Morgan fingerprint density at radius 2 is 2.36 bits per heavy atom. The number of nitrogens with zero attached hydrogens (tertiary/aromatic N) is 2. The van der Waals surface area contributed by atoms with E-state index in [9.17, 15) is 0 Å². The van der Waals surface area contributed by atoms with Crippen LogP contribution in [0.15, 0.2) is 12.3 Å². The summed E-state index contributed by atoms with van der Waals surface area (Å²) in [7, 11) is 0. The fraction of sp³-hybridized carbons (Fsp3) is 0.375. The van der Waals surface area contributed by atoms with Gasteiger partial charge in [-0.25, -0.2) is 0 Å². The molecule has 1 heterocycles. The molecule has 0 saturated heterocycles. The summed E-state index contributed by atoms with van der Waals surface area (Å²) in [5.74, 6) is 0.712. The zero-order valence-corrected chi connectivity index (χ0v) is 6.12. The molecule has 1 saturated carbocycles. The van der Waals surface area contributed by atoms with E-state index in [0.29, 0.717) is 17.4 Å². The Morgan fingerprint density at radius 3 is 2.82 bits per heavy atom. The van der Waals surface area contributed by atoms with Gasteiger partial charge in [-0.3, -0.25) is 0 Å². The third-order valence-electron chi connectivity index (χ3n) is 1.95. The Morgan fingerprint density at radius 1 is 1.64 bits per heavy atom.